The Hall–Kier alpha value is -3.31. The molecule has 4 atom stereocenters. The normalized spacial score (nSPS) is 19.3. The second kappa shape index (κ2) is 16.0. The molecule has 14 nitrogen and oxygen atoms in total. The van der Waals surface area contributed by atoms with Gasteiger partial charge in [-0.2, -0.15) is 8.42 Å². The van der Waals surface area contributed by atoms with Crippen molar-refractivity contribution in [1.82, 2.24) is 10.4 Å². The van der Waals surface area contributed by atoms with Gasteiger partial charge in [0.1, 0.15) is 44.4 Å². The number of methoxy groups -OCH3 is 1. The quantitative estimate of drug-likeness (QED) is 0.179. The van der Waals surface area contributed by atoms with E-state index in [0.29, 0.717) is 11.1 Å². The highest BCUT2D eigenvalue weighted by Crippen LogP contribution is 2.34. The number of nitrogens with one attached hydrogen (secondary N) is 1. The van der Waals surface area contributed by atoms with Crippen molar-refractivity contribution >= 4 is 22.3 Å². The van der Waals surface area contributed by atoms with Crippen LogP contribution in [0.4, 0.5) is 9.59 Å². The molecule has 238 valence electrons. The van der Waals surface area contributed by atoms with E-state index in [-0.39, 0.29) is 20.0 Å². The highest BCUT2D eigenvalue weighted by molar-refractivity contribution is 7.85. The standard InChI is InChI=1S/C28H38N2O12S/c1-28(2)41-24(25(42-28)23(39-19-36-3)18-40-43(4,34)35)22(15-31)30(27(33)38-17-21-13-9-6-10-14-21)29-26(32)37-16-20-11-7-5-8-12-20/h5-14,22-25,31H,15-19H2,1-4H3,(H,29,32)/t22-,23-,24+,25-/m1/s1. The van der Waals surface area contributed by atoms with Crippen LogP contribution in [0.2, 0.25) is 0 Å². The molecule has 0 spiro atoms. The smallest absolute Gasteiger partial charge is 0.429 e. The Balaban J connectivity index is 1.88. The summed E-state index contributed by atoms with van der Waals surface area (Å²) in [4.78, 5) is 26.3. The summed E-state index contributed by atoms with van der Waals surface area (Å²) in [5, 5.41) is 11.3. The fourth-order valence-electron chi connectivity index (χ4n) is 4.23. The lowest BCUT2D eigenvalue weighted by molar-refractivity contribution is -0.174. The predicted molar refractivity (Wildman–Crippen MR) is 150 cm³/mol. The van der Waals surface area contributed by atoms with Crippen molar-refractivity contribution in [2.75, 3.05) is 33.4 Å². The number of rotatable bonds is 14. The van der Waals surface area contributed by atoms with E-state index >= 15 is 0 Å². The molecule has 0 unspecified atom stereocenters. The van der Waals surface area contributed by atoms with Gasteiger partial charge in [-0.3, -0.25) is 4.18 Å². The van der Waals surface area contributed by atoms with Crippen molar-refractivity contribution < 1.29 is 55.7 Å². The van der Waals surface area contributed by atoms with Crippen molar-refractivity contribution in [2.45, 2.75) is 57.2 Å². The molecule has 0 radical (unpaired) electrons. The topological polar surface area (TPSA) is 168 Å². The number of ether oxygens (including phenoxy) is 6. The van der Waals surface area contributed by atoms with Gasteiger partial charge in [-0.05, 0) is 25.0 Å². The fourth-order valence-corrected chi connectivity index (χ4v) is 4.61. The summed E-state index contributed by atoms with van der Waals surface area (Å²) < 4.78 is 61.9. The van der Waals surface area contributed by atoms with Crippen LogP contribution in [-0.2, 0) is 55.9 Å². The maximum Gasteiger partial charge on any atom is 0.429 e. The number of aliphatic hydroxyl groups excluding tert-OH is 1. The minimum absolute atomic E-state index is 0.0994. The minimum Gasteiger partial charge on any atom is -0.443 e. The largest absolute Gasteiger partial charge is 0.443 e. The van der Waals surface area contributed by atoms with Crippen LogP contribution in [0.1, 0.15) is 25.0 Å². The molecule has 43 heavy (non-hydrogen) atoms. The van der Waals surface area contributed by atoms with Crippen molar-refractivity contribution in [3.63, 3.8) is 0 Å². The number of hydrogen-bond donors (Lipinski definition) is 2. The number of aliphatic hydroxyl groups is 1. The Bertz CT molecular complexity index is 1260. The first-order valence-corrected chi connectivity index (χ1v) is 15.1. The van der Waals surface area contributed by atoms with Crippen molar-refractivity contribution in [3.8, 4) is 0 Å². The number of carbonyl (C=O) groups is 2. The minimum atomic E-state index is -3.88. The lowest BCUT2D eigenvalue weighted by Gasteiger charge is -2.35. The second-order valence-electron chi connectivity index (χ2n) is 10.00. The maximum absolute atomic E-state index is 13.4. The molecule has 1 aliphatic rings. The van der Waals surface area contributed by atoms with E-state index in [1.807, 2.05) is 6.07 Å². The first-order chi connectivity index (χ1) is 20.4. The van der Waals surface area contributed by atoms with Gasteiger partial charge in [-0.1, -0.05) is 60.7 Å². The molecule has 1 fully saturated rings. The molecular weight excluding hydrogens is 588 g/mol. The van der Waals surface area contributed by atoms with E-state index in [1.54, 1.807) is 68.4 Å². The molecule has 0 aliphatic carbocycles. The summed E-state index contributed by atoms with van der Waals surface area (Å²) in [6.07, 6.45) is -4.59. The van der Waals surface area contributed by atoms with Crippen LogP contribution in [0.15, 0.2) is 60.7 Å². The average Bonchev–Trinajstić information content (AvgIpc) is 3.29. The average molecular weight is 627 g/mol. The van der Waals surface area contributed by atoms with Gasteiger partial charge in [0, 0.05) is 7.11 Å². The number of carbonyl (C=O) groups excluding carboxylic acids is 2. The number of hydrogen-bond acceptors (Lipinski definition) is 12. The van der Waals surface area contributed by atoms with Gasteiger partial charge in [-0.15, -0.1) is 0 Å². The Morgan fingerprint density at radius 1 is 0.977 bits per heavy atom. The SMILES string of the molecule is COCO[C@H](COS(C)(=O)=O)[C@H]1OC(C)(C)O[C@H]1[C@@H](CO)N(NC(=O)OCc1ccccc1)C(=O)OCc1ccccc1. The van der Waals surface area contributed by atoms with Gasteiger partial charge in [0.2, 0.25) is 0 Å². The molecule has 1 aliphatic heterocycles. The number of nitrogens with zero attached hydrogens (tertiary/aromatic N) is 1. The van der Waals surface area contributed by atoms with Gasteiger partial charge in [0.05, 0.1) is 19.5 Å². The Morgan fingerprint density at radius 3 is 2.07 bits per heavy atom. The zero-order chi connectivity index (χ0) is 31.5. The summed E-state index contributed by atoms with van der Waals surface area (Å²) in [5.74, 6) is -1.28. The van der Waals surface area contributed by atoms with Crippen molar-refractivity contribution in [1.29, 1.82) is 0 Å². The van der Waals surface area contributed by atoms with Gasteiger partial charge in [-0.25, -0.2) is 20.0 Å². The lowest BCUT2D eigenvalue weighted by atomic mass is 10.0. The maximum atomic E-state index is 13.4. The summed E-state index contributed by atoms with van der Waals surface area (Å²) in [7, 11) is -2.51. The zero-order valence-electron chi connectivity index (χ0n) is 24.4. The monoisotopic (exact) mass is 626 g/mol. The van der Waals surface area contributed by atoms with Crippen LogP contribution < -0.4 is 5.43 Å². The molecule has 3 rings (SSSR count). The fraction of sp³-hybridized carbons (Fsp3) is 0.500. The Labute approximate surface area is 250 Å². The van der Waals surface area contributed by atoms with Gasteiger partial charge >= 0.3 is 12.2 Å². The summed E-state index contributed by atoms with van der Waals surface area (Å²) in [6.45, 7) is 1.42. The van der Waals surface area contributed by atoms with E-state index in [2.05, 4.69) is 5.43 Å². The molecule has 2 N–H and O–H groups in total. The van der Waals surface area contributed by atoms with Crippen LogP contribution in [-0.4, -0.2) is 94.2 Å². The van der Waals surface area contributed by atoms with Crippen LogP contribution >= 0.6 is 0 Å². The third-order valence-electron chi connectivity index (χ3n) is 6.10. The zero-order valence-corrected chi connectivity index (χ0v) is 25.2. The summed E-state index contributed by atoms with van der Waals surface area (Å²) in [6, 6.07) is 16.4. The molecule has 0 bridgehead atoms. The van der Waals surface area contributed by atoms with Crippen LogP contribution in [0, 0.1) is 0 Å². The molecule has 15 heteroatoms. The molecular formula is C28H38N2O12S. The highest BCUT2D eigenvalue weighted by Gasteiger charge is 2.52. The van der Waals surface area contributed by atoms with Gasteiger partial charge < -0.3 is 33.5 Å². The molecule has 1 saturated heterocycles. The summed E-state index contributed by atoms with van der Waals surface area (Å²) >= 11 is 0. The Kier molecular flexibility index (Phi) is 12.7. The van der Waals surface area contributed by atoms with Crippen molar-refractivity contribution in [3.05, 3.63) is 71.8 Å². The number of hydrazine groups is 1. The van der Waals surface area contributed by atoms with Gasteiger partial charge in [0.25, 0.3) is 10.1 Å². The van der Waals surface area contributed by atoms with Crippen LogP contribution in [0.5, 0.6) is 0 Å². The third-order valence-corrected chi connectivity index (χ3v) is 6.66. The van der Waals surface area contributed by atoms with E-state index in [1.165, 1.54) is 7.11 Å². The van der Waals surface area contributed by atoms with Crippen molar-refractivity contribution in [2.24, 2.45) is 0 Å². The molecule has 1 heterocycles. The lowest BCUT2D eigenvalue weighted by Crippen LogP contribution is -2.61. The number of benzene rings is 2. The molecule has 2 aromatic carbocycles. The van der Waals surface area contributed by atoms with Crippen LogP contribution in [0.3, 0.4) is 0 Å². The highest BCUT2D eigenvalue weighted by atomic mass is 32.2. The van der Waals surface area contributed by atoms with Crippen LogP contribution in [0.25, 0.3) is 0 Å². The molecule has 0 saturated carbocycles. The second-order valence-corrected chi connectivity index (χ2v) is 11.6. The first kappa shape index (κ1) is 34.2. The van der Waals surface area contributed by atoms with E-state index < -0.39 is 65.7 Å². The third kappa shape index (κ3) is 11.0. The van der Waals surface area contributed by atoms with E-state index in [0.717, 1.165) is 11.3 Å². The van der Waals surface area contributed by atoms with E-state index in [9.17, 15) is 23.1 Å². The molecule has 0 aromatic heterocycles. The first-order valence-electron chi connectivity index (χ1n) is 13.3. The predicted octanol–water partition coefficient (Wildman–Crippen LogP) is 2.31. The molecule has 2 amide bonds. The number of amides is 2. The summed E-state index contributed by atoms with van der Waals surface area (Å²) in [5.41, 5.74) is 3.72. The molecule has 2 aromatic rings. The Morgan fingerprint density at radius 2 is 1.53 bits per heavy atom. The van der Waals surface area contributed by atoms with E-state index in [4.69, 9.17) is 32.6 Å². The van der Waals surface area contributed by atoms with Gasteiger partial charge in [0.15, 0.2) is 5.79 Å².